The lowest BCUT2D eigenvalue weighted by Crippen LogP contribution is -2.07. The highest BCUT2D eigenvalue weighted by atomic mass is 32.1. The Kier molecular flexibility index (Phi) is 5.64. The van der Waals surface area contributed by atoms with E-state index in [1.165, 1.54) is 10.4 Å². The quantitative estimate of drug-likeness (QED) is 0.309. The molecule has 0 aliphatic carbocycles. The number of hydrogen-bond donors (Lipinski definition) is 1. The number of fused-ring (bicyclic) bond motifs is 1. The Hall–Kier alpha value is -3.58. The van der Waals surface area contributed by atoms with Gasteiger partial charge in [-0.1, -0.05) is 29.8 Å². The lowest BCUT2D eigenvalue weighted by molar-refractivity contribution is 0.568. The molecule has 0 bridgehead atoms. The topological polar surface area (TPSA) is 76.7 Å². The van der Waals surface area contributed by atoms with Crippen molar-refractivity contribution in [2.45, 2.75) is 26.7 Å². The molecule has 0 fully saturated rings. The molecule has 0 saturated carbocycles. The average Bonchev–Trinajstić information content (AvgIpc) is 3.47. The first-order valence-electron chi connectivity index (χ1n) is 10.6. The molecule has 4 heterocycles. The summed E-state index contributed by atoms with van der Waals surface area (Å²) in [7, 11) is 0. The van der Waals surface area contributed by atoms with Crippen molar-refractivity contribution in [3.05, 3.63) is 77.5 Å². The maximum absolute atomic E-state index is 5.21. The lowest BCUT2D eigenvalue weighted by Gasteiger charge is -2.08. The van der Waals surface area contributed by atoms with Crippen LogP contribution in [0.15, 0.2) is 65.7 Å². The van der Waals surface area contributed by atoms with Crippen LogP contribution >= 0.6 is 11.3 Å². The third-order valence-corrected chi connectivity index (χ3v) is 6.19. The molecule has 7 heteroatoms. The van der Waals surface area contributed by atoms with Crippen molar-refractivity contribution in [3.8, 4) is 22.6 Å². The van der Waals surface area contributed by atoms with Gasteiger partial charge in [-0.3, -0.25) is 9.97 Å². The first-order valence-corrected chi connectivity index (χ1v) is 11.4. The van der Waals surface area contributed by atoms with E-state index < -0.39 is 0 Å². The largest absolute Gasteiger partial charge is 0.472 e. The van der Waals surface area contributed by atoms with Crippen molar-refractivity contribution < 1.29 is 4.42 Å². The number of nitrogens with zero attached hydrogens (tertiary/aromatic N) is 4. The van der Waals surface area contributed by atoms with Crippen molar-refractivity contribution in [2.75, 3.05) is 11.9 Å². The number of thiophene rings is 1. The Morgan fingerprint density at radius 1 is 0.969 bits per heavy atom. The molecule has 0 unspecified atom stereocenters. The molecule has 32 heavy (non-hydrogen) atoms. The van der Waals surface area contributed by atoms with Gasteiger partial charge in [0.15, 0.2) is 5.82 Å². The van der Waals surface area contributed by atoms with Crippen molar-refractivity contribution in [3.63, 3.8) is 0 Å². The van der Waals surface area contributed by atoms with Crippen LogP contribution in [0.4, 0.5) is 5.82 Å². The molecular weight excluding hydrogens is 418 g/mol. The standard InChI is InChI=1S/C25H23N5OS/c1-16-5-7-18(8-6-16)22-14-27-20(13-28-22)4-3-10-26-24-21-12-17(2)32-25(21)30-23(29-24)19-9-11-31-15-19/h5-9,11-15H,3-4,10H2,1-2H3,(H,26,29,30). The van der Waals surface area contributed by atoms with Gasteiger partial charge in [-0.05, 0) is 38.8 Å². The molecule has 6 nitrogen and oxygen atoms in total. The highest BCUT2D eigenvalue weighted by Crippen LogP contribution is 2.31. The van der Waals surface area contributed by atoms with Crippen LogP contribution in [0.25, 0.3) is 32.9 Å². The van der Waals surface area contributed by atoms with E-state index in [1.807, 2.05) is 18.5 Å². The Morgan fingerprint density at radius 3 is 2.59 bits per heavy atom. The number of aryl methyl sites for hydroxylation is 3. The fraction of sp³-hybridized carbons (Fsp3) is 0.200. The summed E-state index contributed by atoms with van der Waals surface area (Å²) in [5.74, 6) is 1.53. The van der Waals surface area contributed by atoms with Crippen LogP contribution in [-0.2, 0) is 6.42 Å². The van der Waals surface area contributed by atoms with E-state index >= 15 is 0 Å². The van der Waals surface area contributed by atoms with Gasteiger partial charge in [0, 0.05) is 23.2 Å². The Bertz CT molecular complexity index is 1330. The minimum Gasteiger partial charge on any atom is -0.472 e. The van der Waals surface area contributed by atoms with E-state index in [4.69, 9.17) is 14.4 Å². The summed E-state index contributed by atoms with van der Waals surface area (Å²) >= 11 is 1.67. The summed E-state index contributed by atoms with van der Waals surface area (Å²) in [6.07, 6.45) is 8.81. The molecule has 5 rings (SSSR count). The van der Waals surface area contributed by atoms with Gasteiger partial charge >= 0.3 is 0 Å². The van der Waals surface area contributed by atoms with Crippen LogP contribution in [0.5, 0.6) is 0 Å². The second kappa shape index (κ2) is 8.88. The molecule has 5 aromatic rings. The lowest BCUT2D eigenvalue weighted by atomic mass is 10.1. The van der Waals surface area contributed by atoms with E-state index in [0.29, 0.717) is 5.82 Å². The number of furan rings is 1. The highest BCUT2D eigenvalue weighted by molar-refractivity contribution is 7.18. The summed E-state index contributed by atoms with van der Waals surface area (Å²) in [6, 6.07) is 12.4. The predicted octanol–water partition coefficient (Wildman–Crippen LogP) is 6.07. The van der Waals surface area contributed by atoms with Gasteiger partial charge in [0.05, 0.1) is 34.8 Å². The molecule has 1 aromatic carbocycles. The zero-order chi connectivity index (χ0) is 21.9. The summed E-state index contributed by atoms with van der Waals surface area (Å²) < 4.78 is 5.21. The maximum atomic E-state index is 5.21. The number of rotatable bonds is 7. The third kappa shape index (κ3) is 4.38. The molecule has 1 N–H and O–H groups in total. The van der Waals surface area contributed by atoms with Crippen molar-refractivity contribution >= 4 is 27.4 Å². The van der Waals surface area contributed by atoms with Gasteiger partial charge in [0.1, 0.15) is 16.9 Å². The highest BCUT2D eigenvalue weighted by Gasteiger charge is 2.12. The summed E-state index contributed by atoms with van der Waals surface area (Å²) in [6.45, 7) is 4.96. The van der Waals surface area contributed by atoms with Crippen LogP contribution in [0.3, 0.4) is 0 Å². The fourth-order valence-corrected chi connectivity index (χ4v) is 4.41. The van der Waals surface area contributed by atoms with Gasteiger partial charge in [-0.15, -0.1) is 11.3 Å². The number of hydrogen-bond acceptors (Lipinski definition) is 7. The van der Waals surface area contributed by atoms with E-state index in [-0.39, 0.29) is 0 Å². The molecule has 0 aliphatic rings. The minimum absolute atomic E-state index is 0.674. The Labute approximate surface area is 190 Å². The SMILES string of the molecule is Cc1ccc(-c2cnc(CCCNc3nc(-c4ccoc4)nc4sc(C)cc34)cn2)cc1. The van der Waals surface area contributed by atoms with Gasteiger partial charge in [-0.25, -0.2) is 9.97 Å². The van der Waals surface area contributed by atoms with Gasteiger partial charge in [0.25, 0.3) is 0 Å². The second-order valence-corrected chi connectivity index (χ2v) is 9.01. The van der Waals surface area contributed by atoms with Gasteiger partial charge < -0.3 is 9.73 Å². The Morgan fingerprint density at radius 2 is 1.84 bits per heavy atom. The zero-order valence-corrected chi connectivity index (χ0v) is 18.8. The normalized spacial score (nSPS) is 11.2. The molecule has 0 aliphatic heterocycles. The first-order chi connectivity index (χ1) is 15.7. The summed E-state index contributed by atoms with van der Waals surface area (Å²) in [5.41, 5.74) is 5.09. The minimum atomic E-state index is 0.674. The molecule has 0 radical (unpaired) electrons. The molecule has 0 atom stereocenters. The molecule has 4 aromatic heterocycles. The molecule has 0 amide bonds. The van der Waals surface area contributed by atoms with Crippen LogP contribution < -0.4 is 5.32 Å². The van der Waals surface area contributed by atoms with Gasteiger partial charge in [0.2, 0.25) is 0 Å². The monoisotopic (exact) mass is 441 g/mol. The summed E-state index contributed by atoms with van der Waals surface area (Å²) in [4.78, 5) is 20.8. The number of anilines is 1. The smallest absolute Gasteiger partial charge is 0.166 e. The third-order valence-electron chi connectivity index (χ3n) is 5.25. The van der Waals surface area contributed by atoms with Crippen LogP contribution in [0.1, 0.15) is 22.6 Å². The van der Waals surface area contributed by atoms with Crippen molar-refractivity contribution in [2.24, 2.45) is 0 Å². The van der Waals surface area contributed by atoms with E-state index in [2.05, 4.69) is 59.5 Å². The van der Waals surface area contributed by atoms with Gasteiger partial charge in [-0.2, -0.15) is 0 Å². The Balaban J connectivity index is 1.24. The average molecular weight is 442 g/mol. The number of aromatic nitrogens is 4. The zero-order valence-electron chi connectivity index (χ0n) is 18.0. The van der Waals surface area contributed by atoms with Crippen LogP contribution in [0.2, 0.25) is 0 Å². The van der Waals surface area contributed by atoms with Crippen LogP contribution in [-0.4, -0.2) is 26.5 Å². The molecular formula is C25H23N5OS. The summed E-state index contributed by atoms with van der Waals surface area (Å²) in [5, 5.41) is 4.55. The number of benzene rings is 1. The maximum Gasteiger partial charge on any atom is 0.166 e. The van der Waals surface area contributed by atoms with E-state index in [1.54, 1.807) is 23.9 Å². The van der Waals surface area contributed by atoms with Crippen molar-refractivity contribution in [1.82, 2.24) is 19.9 Å². The predicted molar refractivity (Wildman–Crippen MR) is 129 cm³/mol. The molecule has 0 spiro atoms. The fourth-order valence-electron chi connectivity index (χ4n) is 3.53. The second-order valence-electron chi connectivity index (χ2n) is 7.77. The molecule has 160 valence electrons. The van der Waals surface area contributed by atoms with Crippen molar-refractivity contribution in [1.29, 1.82) is 0 Å². The van der Waals surface area contributed by atoms with Crippen LogP contribution in [0, 0.1) is 13.8 Å². The first kappa shape index (κ1) is 20.3. The number of nitrogens with one attached hydrogen (secondary N) is 1. The molecule has 0 saturated heterocycles. The van der Waals surface area contributed by atoms with E-state index in [9.17, 15) is 0 Å². The van der Waals surface area contributed by atoms with E-state index in [0.717, 1.165) is 57.9 Å².